The average molecular weight is 382 g/mol. The summed E-state index contributed by atoms with van der Waals surface area (Å²) < 4.78 is 51.9. The monoisotopic (exact) mass is 382 g/mol. The summed E-state index contributed by atoms with van der Waals surface area (Å²) in [5.74, 6) is -2.75. The fraction of sp³-hybridized carbons (Fsp3) is 0.278. The van der Waals surface area contributed by atoms with Crippen molar-refractivity contribution in [1.82, 2.24) is 4.90 Å². The van der Waals surface area contributed by atoms with E-state index in [4.69, 9.17) is 0 Å². The maximum Gasteiger partial charge on any atom is 0.246 e. The molecule has 140 valence electrons. The van der Waals surface area contributed by atoms with Crippen LogP contribution in [0.5, 0.6) is 0 Å². The summed E-state index contributed by atoms with van der Waals surface area (Å²) in [5.41, 5.74) is 0.773. The van der Waals surface area contributed by atoms with Gasteiger partial charge in [-0.15, -0.1) is 0 Å². The molecule has 0 heterocycles. The molecule has 0 radical (unpaired) electrons. The van der Waals surface area contributed by atoms with E-state index in [1.54, 1.807) is 7.05 Å². The molecule has 8 heteroatoms. The lowest BCUT2D eigenvalue weighted by atomic mass is 10.2. The zero-order valence-corrected chi connectivity index (χ0v) is 15.5. The molecule has 0 saturated carbocycles. The van der Waals surface area contributed by atoms with Gasteiger partial charge < -0.3 is 4.90 Å². The maximum absolute atomic E-state index is 13.5. The van der Waals surface area contributed by atoms with Crippen molar-refractivity contribution in [3.63, 3.8) is 0 Å². The lowest BCUT2D eigenvalue weighted by molar-refractivity contribution is -0.131. The summed E-state index contributed by atoms with van der Waals surface area (Å²) in [4.78, 5) is 14.1. The fourth-order valence-corrected chi connectivity index (χ4v) is 3.84. The van der Waals surface area contributed by atoms with E-state index in [1.807, 2.05) is 30.3 Å². The van der Waals surface area contributed by atoms with Crippen LogP contribution in [0.3, 0.4) is 0 Å². The second kappa shape index (κ2) is 7.82. The Labute approximate surface area is 151 Å². The Morgan fingerprint density at radius 2 is 1.69 bits per heavy atom. The Kier molecular flexibility index (Phi) is 5.97. The number of halogens is 2. The standard InChI is InChI=1S/C18H20F2N2O3S/c1-13(18(23)21(2)12-14-7-5-4-6-8-14)22(26(3,24)25)15-9-10-16(19)17(20)11-15/h4-11,13H,12H2,1-3H3/t13-/m1/s1. The molecule has 0 aliphatic carbocycles. The molecule has 0 aliphatic rings. The third kappa shape index (κ3) is 4.57. The van der Waals surface area contributed by atoms with Crippen LogP contribution in [-0.2, 0) is 21.4 Å². The summed E-state index contributed by atoms with van der Waals surface area (Å²) in [6.07, 6.45) is 0.912. The Balaban J connectivity index is 2.30. The molecule has 5 nitrogen and oxygen atoms in total. The fourth-order valence-electron chi connectivity index (χ4n) is 2.68. The van der Waals surface area contributed by atoms with E-state index in [-0.39, 0.29) is 5.69 Å². The first-order chi connectivity index (χ1) is 12.1. The molecule has 2 rings (SSSR count). The van der Waals surface area contributed by atoms with Gasteiger partial charge in [0.1, 0.15) is 6.04 Å². The molecule has 0 spiro atoms. The Bertz CT molecular complexity index is 889. The van der Waals surface area contributed by atoms with Gasteiger partial charge in [0, 0.05) is 19.7 Å². The number of likely N-dealkylation sites (N-methyl/N-ethyl adjacent to an activating group) is 1. The lowest BCUT2D eigenvalue weighted by Gasteiger charge is -2.31. The van der Waals surface area contributed by atoms with Gasteiger partial charge in [-0.2, -0.15) is 0 Å². The van der Waals surface area contributed by atoms with Gasteiger partial charge in [-0.3, -0.25) is 9.10 Å². The number of hydrogen-bond donors (Lipinski definition) is 0. The first-order valence-electron chi connectivity index (χ1n) is 7.84. The molecule has 0 aliphatic heterocycles. The summed E-state index contributed by atoms with van der Waals surface area (Å²) in [6, 6.07) is 10.8. The number of anilines is 1. The number of hydrogen-bond acceptors (Lipinski definition) is 3. The predicted octanol–water partition coefficient (Wildman–Crippen LogP) is 2.78. The molecule has 2 aromatic carbocycles. The quantitative estimate of drug-likeness (QED) is 0.772. The second-order valence-corrected chi connectivity index (χ2v) is 7.87. The number of nitrogens with zero attached hydrogens (tertiary/aromatic N) is 2. The van der Waals surface area contributed by atoms with Crippen molar-refractivity contribution < 1.29 is 22.0 Å². The molecule has 0 aromatic heterocycles. The highest BCUT2D eigenvalue weighted by Gasteiger charge is 2.31. The minimum atomic E-state index is -3.90. The third-order valence-corrected chi connectivity index (χ3v) is 5.10. The van der Waals surface area contributed by atoms with Gasteiger partial charge in [-0.05, 0) is 24.6 Å². The third-order valence-electron chi connectivity index (χ3n) is 3.86. The van der Waals surface area contributed by atoms with Gasteiger partial charge >= 0.3 is 0 Å². The van der Waals surface area contributed by atoms with Crippen LogP contribution in [0.15, 0.2) is 48.5 Å². The van der Waals surface area contributed by atoms with Crippen molar-refractivity contribution >= 4 is 21.6 Å². The lowest BCUT2D eigenvalue weighted by Crippen LogP contribution is -2.48. The van der Waals surface area contributed by atoms with Crippen molar-refractivity contribution in [2.24, 2.45) is 0 Å². The van der Waals surface area contributed by atoms with Gasteiger partial charge in [0.25, 0.3) is 0 Å². The number of rotatable bonds is 6. The van der Waals surface area contributed by atoms with Crippen LogP contribution in [0.25, 0.3) is 0 Å². The molecule has 1 atom stereocenters. The van der Waals surface area contributed by atoms with Crippen LogP contribution in [0.2, 0.25) is 0 Å². The normalized spacial score (nSPS) is 12.5. The number of carbonyl (C=O) groups is 1. The number of carbonyl (C=O) groups excluding carboxylic acids is 1. The van der Waals surface area contributed by atoms with E-state index < -0.39 is 33.6 Å². The molecular formula is C18H20F2N2O3S. The average Bonchev–Trinajstić information content (AvgIpc) is 2.57. The first kappa shape index (κ1) is 19.8. The van der Waals surface area contributed by atoms with Gasteiger partial charge in [0.05, 0.1) is 11.9 Å². The van der Waals surface area contributed by atoms with Crippen molar-refractivity contribution in [2.45, 2.75) is 19.5 Å². The highest BCUT2D eigenvalue weighted by molar-refractivity contribution is 7.92. The maximum atomic E-state index is 13.5. The molecule has 0 N–H and O–H groups in total. The zero-order chi connectivity index (χ0) is 19.5. The van der Waals surface area contributed by atoms with E-state index in [9.17, 15) is 22.0 Å². The van der Waals surface area contributed by atoms with Gasteiger partial charge in [-0.25, -0.2) is 17.2 Å². The van der Waals surface area contributed by atoms with Crippen molar-refractivity contribution in [3.8, 4) is 0 Å². The van der Waals surface area contributed by atoms with Crippen molar-refractivity contribution in [2.75, 3.05) is 17.6 Å². The summed E-state index contributed by atoms with van der Waals surface area (Å²) >= 11 is 0. The summed E-state index contributed by atoms with van der Waals surface area (Å²) in [6.45, 7) is 1.70. The molecule has 2 aromatic rings. The van der Waals surface area contributed by atoms with E-state index in [0.717, 1.165) is 34.3 Å². The number of benzene rings is 2. The Hall–Kier alpha value is -2.48. The largest absolute Gasteiger partial charge is 0.340 e. The first-order valence-corrected chi connectivity index (χ1v) is 9.69. The minimum Gasteiger partial charge on any atom is -0.340 e. The zero-order valence-electron chi connectivity index (χ0n) is 14.7. The summed E-state index contributed by atoms with van der Waals surface area (Å²) in [7, 11) is -2.35. The Morgan fingerprint density at radius 3 is 2.23 bits per heavy atom. The minimum absolute atomic E-state index is 0.111. The van der Waals surface area contributed by atoms with E-state index in [0.29, 0.717) is 6.54 Å². The second-order valence-electron chi connectivity index (χ2n) is 6.01. The van der Waals surface area contributed by atoms with Crippen LogP contribution < -0.4 is 4.31 Å². The van der Waals surface area contributed by atoms with Crippen molar-refractivity contribution in [3.05, 3.63) is 65.7 Å². The smallest absolute Gasteiger partial charge is 0.246 e. The summed E-state index contributed by atoms with van der Waals surface area (Å²) in [5, 5.41) is 0. The molecule has 0 saturated heterocycles. The molecular weight excluding hydrogens is 362 g/mol. The highest BCUT2D eigenvalue weighted by Crippen LogP contribution is 2.24. The molecule has 0 unspecified atom stereocenters. The van der Waals surface area contributed by atoms with Crippen LogP contribution in [0.4, 0.5) is 14.5 Å². The van der Waals surface area contributed by atoms with E-state index >= 15 is 0 Å². The molecule has 1 amide bonds. The molecule has 26 heavy (non-hydrogen) atoms. The van der Waals surface area contributed by atoms with Crippen LogP contribution in [-0.4, -0.2) is 38.6 Å². The Morgan fingerprint density at radius 1 is 1.08 bits per heavy atom. The van der Waals surface area contributed by atoms with Crippen LogP contribution in [0, 0.1) is 11.6 Å². The van der Waals surface area contributed by atoms with E-state index in [1.165, 1.54) is 11.8 Å². The van der Waals surface area contributed by atoms with Crippen LogP contribution in [0.1, 0.15) is 12.5 Å². The van der Waals surface area contributed by atoms with Gasteiger partial charge in [-0.1, -0.05) is 30.3 Å². The highest BCUT2D eigenvalue weighted by atomic mass is 32.2. The topological polar surface area (TPSA) is 57.7 Å². The number of sulfonamides is 1. The van der Waals surface area contributed by atoms with Gasteiger partial charge in [0.15, 0.2) is 11.6 Å². The van der Waals surface area contributed by atoms with E-state index in [2.05, 4.69) is 0 Å². The SMILES string of the molecule is C[C@H](C(=O)N(C)Cc1ccccc1)N(c1ccc(F)c(F)c1)S(C)(=O)=O. The molecule has 0 fully saturated rings. The van der Waals surface area contributed by atoms with Crippen molar-refractivity contribution in [1.29, 1.82) is 0 Å². The van der Waals surface area contributed by atoms with Crippen LogP contribution >= 0.6 is 0 Å². The molecule has 0 bridgehead atoms. The number of amides is 1. The van der Waals surface area contributed by atoms with Gasteiger partial charge in [0.2, 0.25) is 15.9 Å². The predicted molar refractivity (Wildman–Crippen MR) is 96.1 cm³/mol.